The summed E-state index contributed by atoms with van der Waals surface area (Å²) in [7, 11) is 0. The van der Waals surface area contributed by atoms with Crippen molar-refractivity contribution in [3.8, 4) is 11.8 Å². The fraction of sp³-hybridized carbons (Fsp3) is 0. The van der Waals surface area contributed by atoms with E-state index in [0.717, 1.165) is 17.2 Å². The van der Waals surface area contributed by atoms with Crippen LogP contribution in [0.25, 0.3) is 10.9 Å². The van der Waals surface area contributed by atoms with Crippen molar-refractivity contribution in [2.24, 2.45) is 0 Å². The topological polar surface area (TPSA) is 70.2 Å². The van der Waals surface area contributed by atoms with Gasteiger partial charge in [0, 0.05) is 22.4 Å². The lowest BCUT2D eigenvalue weighted by Gasteiger charge is -1.90. The molecule has 4 heteroatoms. The van der Waals surface area contributed by atoms with Gasteiger partial charge in [0.1, 0.15) is 0 Å². The standard InChI is InChI=1S/C12H7NO3/c14-7-10-6-9-3-1-8(2-4-12(15)16)5-11(9)13-10/h1,3,5-7,13H,(H,15,16). The molecule has 78 valence electrons. The molecular weight excluding hydrogens is 206 g/mol. The molecule has 0 saturated carbocycles. The van der Waals surface area contributed by atoms with E-state index in [-0.39, 0.29) is 0 Å². The molecule has 1 heterocycles. The summed E-state index contributed by atoms with van der Waals surface area (Å²) in [6.07, 6.45) is 0.725. The van der Waals surface area contributed by atoms with E-state index in [1.807, 2.05) is 5.92 Å². The number of aldehydes is 1. The quantitative estimate of drug-likeness (QED) is 0.556. The number of aromatic amines is 1. The second-order valence-electron chi connectivity index (χ2n) is 3.20. The minimum absolute atomic E-state index is 0.485. The zero-order chi connectivity index (χ0) is 11.5. The third kappa shape index (κ3) is 1.93. The van der Waals surface area contributed by atoms with Crippen LogP contribution in [0.4, 0.5) is 0 Å². The van der Waals surface area contributed by atoms with Crippen molar-refractivity contribution in [2.45, 2.75) is 0 Å². The molecule has 2 N–H and O–H groups in total. The Balaban J connectivity index is 2.48. The number of carboxylic acids is 1. The molecule has 2 rings (SSSR count). The van der Waals surface area contributed by atoms with E-state index in [0.29, 0.717) is 11.3 Å². The Morgan fingerprint density at radius 1 is 1.38 bits per heavy atom. The van der Waals surface area contributed by atoms with Crippen molar-refractivity contribution >= 4 is 23.2 Å². The number of carbonyl (C=O) groups is 2. The predicted octanol–water partition coefficient (Wildman–Crippen LogP) is 1.42. The maximum absolute atomic E-state index is 10.5. The van der Waals surface area contributed by atoms with Crippen LogP contribution in [0.5, 0.6) is 0 Å². The van der Waals surface area contributed by atoms with Gasteiger partial charge in [-0.15, -0.1) is 0 Å². The Bertz CT molecular complexity index is 628. The monoisotopic (exact) mass is 213 g/mol. The van der Waals surface area contributed by atoms with Crippen molar-refractivity contribution < 1.29 is 14.7 Å². The Kier molecular flexibility index (Phi) is 2.44. The van der Waals surface area contributed by atoms with E-state index in [9.17, 15) is 9.59 Å². The number of carbonyl (C=O) groups excluding carboxylic acids is 1. The lowest BCUT2D eigenvalue weighted by Crippen LogP contribution is -1.87. The average Bonchev–Trinajstić information content (AvgIpc) is 2.68. The number of hydrogen-bond acceptors (Lipinski definition) is 2. The highest BCUT2D eigenvalue weighted by Gasteiger charge is 1.99. The number of benzene rings is 1. The zero-order valence-electron chi connectivity index (χ0n) is 8.15. The lowest BCUT2D eigenvalue weighted by molar-refractivity contribution is -0.130. The zero-order valence-corrected chi connectivity index (χ0v) is 8.15. The second kappa shape index (κ2) is 3.91. The van der Waals surface area contributed by atoms with Crippen molar-refractivity contribution in [3.05, 3.63) is 35.5 Å². The highest BCUT2D eigenvalue weighted by Crippen LogP contribution is 2.15. The van der Waals surface area contributed by atoms with E-state index in [1.165, 1.54) is 0 Å². The molecule has 0 amide bonds. The minimum Gasteiger partial charge on any atom is -0.472 e. The van der Waals surface area contributed by atoms with E-state index in [2.05, 4.69) is 10.9 Å². The summed E-state index contributed by atoms with van der Waals surface area (Å²) in [5.41, 5.74) is 1.84. The molecular formula is C12H7NO3. The number of aliphatic carboxylic acids is 1. The first-order chi connectivity index (χ1) is 7.69. The molecule has 2 aromatic rings. The maximum atomic E-state index is 10.5. The molecule has 0 atom stereocenters. The molecule has 0 aliphatic carbocycles. The van der Waals surface area contributed by atoms with Crippen LogP contribution in [-0.2, 0) is 4.79 Å². The minimum atomic E-state index is -1.17. The van der Waals surface area contributed by atoms with Gasteiger partial charge in [-0.2, -0.15) is 0 Å². The van der Waals surface area contributed by atoms with Gasteiger partial charge in [-0.05, 0) is 18.2 Å². The number of hydrogen-bond donors (Lipinski definition) is 2. The number of fused-ring (bicyclic) bond motifs is 1. The number of H-pyrrole nitrogens is 1. The van der Waals surface area contributed by atoms with Crippen LogP contribution in [0.15, 0.2) is 24.3 Å². The Hall–Kier alpha value is -2.54. The highest BCUT2D eigenvalue weighted by atomic mass is 16.4. The first kappa shape index (κ1) is 9.99. The summed E-state index contributed by atoms with van der Waals surface area (Å²) in [4.78, 5) is 23.7. The average molecular weight is 213 g/mol. The summed E-state index contributed by atoms with van der Waals surface area (Å²) in [6, 6.07) is 6.92. The van der Waals surface area contributed by atoms with E-state index >= 15 is 0 Å². The van der Waals surface area contributed by atoms with E-state index < -0.39 is 5.97 Å². The third-order valence-electron chi connectivity index (χ3n) is 2.08. The van der Waals surface area contributed by atoms with Gasteiger partial charge in [0.25, 0.3) is 0 Å². The molecule has 0 saturated heterocycles. The summed E-state index contributed by atoms with van der Waals surface area (Å²) >= 11 is 0. The number of nitrogens with one attached hydrogen (secondary N) is 1. The summed E-state index contributed by atoms with van der Waals surface area (Å²) in [5.74, 6) is 3.37. The molecule has 4 nitrogen and oxygen atoms in total. The molecule has 1 aromatic heterocycles. The van der Waals surface area contributed by atoms with Crippen LogP contribution in [0.3, 0.4) is 0 Å². The molecule has 0 bridgehead atoms. The molecule has 0 unspecified atom stereocenters. The molecule has 0 spiro atoms. The Morgan fingerprint density at radius 3 is 2.88 bits per heavy atom. The number of aromatic nitrogens is 1. The first-order valence-electron chi connectivity index (χ1n) is 4.52. The molecule has 0 radical (unpaired) electrons. The fourth-order valence-corrected chi connectivity index (χ4v) is 1.42. The van der Waals surface area contributed by atoms with Crippen LogP contribution in [0.2, 0.25) is 0 Å². The third-order valence-corrected chi connectivity index (χ3v) is 2.08. The fourth-order valence-electron chi connectivity index (χ4n) is 1.42. The molecule has 0 aliphatic heterocycles. The van der Waals surface area contributed by atoms with Gasteiger partial charge in [-0.1, -0.05) is 12.0 Å². The van der Waals surface area contributed by atoms with Crippen LogP contribution in [0.1, 0.15) is 16.1 Å². The Labute approximate surface area is 90.9 Å². The predicted molar refractivity (Wildman–Crippen MR) is 58.2 cm³/mol. The first-order valence-corrected chi connectivity index (χ1v) is 4.52. The molecule has 1 aromatic carbocycles. The molecule has 0 fully saturated rings. The van der Waals surface area contributed by atoms with Gasteiger partial charge in [0.2, 0.25) is 0 Å². The SMILES string of the molecule is O=Cc1cc2ccc(C#CC(=O)O)cc2[nH]1. The van der Waals surface area contributed by atoms with Gasteiger partial charge in [-0.3, -0.25) is 4.79 Å². The van der Waals surface area contributed by atoms with Gasteiger partial charge in [0.15, 0.2) is 6.29 Å². The van der Waals surface area contributed by atoms with Crippen LogP contribution in [-0.4, -0.2) is 22.3 Å². The number of carboxylic acid groups (broad SMARTS) is 1. The summed E-state index contributed by atoms with van der Waals surface area (Å²) in [6.45, 7) is 0. The lowest BCUT2D eigenvalue weighted by atomic mass is 10.2. The molecule has 0 aliphatic rings. The summed E-state index contributed by atoms with van der Waals surface area (Å²) < 4.78 is 0. The van der Waals surface area contributed by atoms with E-state index in [1.54, 1.807) is 24.3 Å². The Morgan fingerprint density at radius 2 is 2.19 bits per heavy atom. The smallest absolute Gasteiger partial charge is 0.382 e. The highest BCUT2D eigenvalue weighted by molar-refractivity contribution is 5.90. The number of rotatable bonds is 1. The van der Waals surface area contributed by atoms with Crippen molar-refractivity contribution in [1.82, 2.24) is 4.98 Å². The molecule has 16 heavy (non-hydrogen) atoms. The normalized spacial score (nSPS) is 9.50. The van der Waals surface area contributed by atoms with Crippen LogP contribution < -0.4 is 0 Å². The van der Waals surface area contributed by atoms with Crippen molar-refractivity contribution in [3.63, 3.8) is 0 Å². The van der Waals surface area contributed by atoms with Gasteiger partial charge in [0.05, 0.1) is 5.69 Å². The van der Waals surface area contributed by atoms with Crippen molar-refractivity contribution in [1.29, 1.82) is 0 Å². The van der Waals surface area contributed by atoms with E-state index in [4.69, 9.17) is 5.11 Å². The van der Waals surface area contributed by atoms with Gasteiger partial charge < -0.3 is 10.1 Å². The largest absolute Gasteiger partial charge is 0.472 e. The van der Waals surface area contributed by atoms with Gasteiger partial charge >= 0.3 is 5.97 Å². The second-order valence-corrected chi connectivity index (χ2v) is 3.20. The van der Waals surface area contributed by atoms with Crippen LogP contribution in [0, 0.1) is 11.8 Å². The van der Waals surface area contributed by atoms with Crippen molar-refractivity contribution in [2.75, 3.05) is 0 Å². The maximum Gasteiger partial charge on any atom is 0.382 e. The van der Waals surface area contributed by atoms with Gasteiger partial charge in [-0.25, -0.2) is 4.79 Å². The summed E-state index contributed by atoms with van der Waals surface area (Å²) in [5, 5.41) is 9.29. The van der Waals surface area contributed by atoms with Crippen LogP contribution >= 0.6 is 0 Å².